The molecule has 0 rings (SSSR count). The number of nitrogens with zero attached hydrogens (tertiary/aromatic N) is 1. The molecule has 506 valence electrons. The van der Waals surface area contributed by atoms with Gasteiger partial charge in [-0.25, -0.2) is 0 Å². The Kier molecular flexibility index (Phi) is 64.6. The number of esters is 2. The van der Waals surface area contributed by atoms with E-state index >= 15 is 0 Å². The van der Waals surface area contributed by atoms with E-state index in [4.69, 9.17) is 18.9 Å². The van der Waals surface area contributed by atoms with Gasteiger partial charge >= 0.3 is 11.9 Å². The van der Waals surface area contributed by atoms with E-state index in [9.17, 15) is 19.5 Å². The van der Waals surface area contributed by atoms with Crippen LogP contribution in [0.1, 0.15) is 219 Å². The van der Waals surface area contributed by atoms with Crippen LogP contribution in [0.25, 0.3) is 0 Å². The highest BCUT2D eigenvalue weighted by atomic mass is 16.7. The van der Waals surface area contributed by atoms with E-state index in [1.165, 1.54) is 12.8 Å². The standard InChI is InChI=1S/C82H125NO8/c1-6-8-10-12-14-16-18-20-22-24-26-28-30-32-34-36-38-39-40-41-43-45-47-49-51-53-55-57-59-61-63-65-67-69-71-73-80(85)91-78(77-90-82(81(86)87)88-75-74-83(3,4)5)76-89-79(84)72-70-68-66-64-62-60-58-56-54-52-50-48-46-44-42-37-35-33-31-29-27-25-23-21-19-17-15-13-11-9-7-2/h8-11,14-17,20-23,26-29,32-35,38-39,41-44,47-50,53-56,60,62,78,82H,6-7,12-13,18-19,24-25,30-31,36-37,40,45-46,51-52,57-59,61,63-77H2,1-5H3/b10-8-,11-9-,16-14-,17-15-,22-20-,23-21-,28-26-,29-27-,34-32-,35-33-,39-38-,43-41-,44-42-,49-47-,50-48-,55-53-,56-54-,62-60-. The van der Waals surface area contributed by atoms with Gasteiger partial charge in [-0.05, 0) is 154 Å². The Morgan fingerprint density at radius 3 is 0.890 bits per heavy atom. The molecule has 0 radical (unpaired) electrons. The van der Waals surface area contributed by atoms with Gasteiger partial charge in [0.2, 0.25) is 0 Å². The molecule has 0 bridgehead atoms. The van der Waals surface area contributed by atoms with Crippen LogP contribution in [-0.2, 0) is 33.3 Å². The van der Waals surface area contributed by atoms with Crippen LogP contribution in [0.4, 0.5) is 0 Å². The summed E-state index contributed by atoms with van der Waals surface area (Å²) in [7, 11) is 5.89. The Hall–Kier alpha value is -6.39. The summed E-state index contributed by atoms with van der Waals surface area (Å²) in [5.41, 5.74) is 0. The topological polar surface area (TPSA) is 111 Å². The monoisotopic (exact) mass is 1250 g/mol. The Balaban J connectivity index is 4.32. The van der Waals surface area contributed by atoms with E-state index in [1.54, 1.807) is 0 Å². The maximum Gasteiger partial charge on any atom is 0.306 e. The molecule has 0 aromatic carbocycles. The number of carbonyl (C=O) groups excluding carboxylic acids is 3. The smallest absolute Gasteiger partial charge is 0.306 e. The summed E-state index contributed by atoms with van der Waals surface area (Å²) >= 11 is 0. The molecule has 9 nitrogen and oxygen atoms in total. The van der Waals surface area contributed by atoms with E-state index in [-0.39, 0.29) is 32.7 Å². The Morgan fingerprint density at radius 1 is 0.330 bits per heavy atom. The third-order valence-electron chi connectivity index (χ3n) is 13.7. The molecular weight excluding hydrogens is 1130 g/mol. The molecule has 0 saturated carbocycles. The Labute approximate surface area is 556 Å². The van der Waals surface area contributed by atoms with E-state index in [0.717, 1.165) is 167 Å². The first-order valence-corrected chi connectivity index (χ1v) is 34.9. The van der Waals surface area contributed by atoms with E-state index in [2.05, 4.69) is 233 Å². The zero-order valence-corrected chi connectivity index (χ0v) is 57.6. The van der Waals surface area contributed by atoms with Crippen molar-refractivity contribution < 1.29 is 42.9 Å². The number of carboxylic acid groups (broad SMARTS) is 1. The van der Waals surface area contributed by atoms with Crippen molar-refractivity contribution in [3.8, 4) is 0 Å². The van der Waals surface area contributed by atoms with E-state index < -0.39 is 30.3 Å². The van der Waals surface area contributed by atoms with Crippen LogP contribution in [0.15, 0.2) is 219 Å². The predicted octanol–water partition coefficient (Wildman–Crippen LogP) is 20.8. The number of likely N-dealkylation sites (N-methyl/N-ethyl adjacent to an activating group) is 1. The van der Waals surface area contributed by atoms with Gasteiger partial charge in [0, 0.05) is 12.8 Å². The van der Waals surface area contributed by atoms with Crippen LogP contribution in [0.2, 0.25) is 0 Å². The molecule has 9 heteroatoms. The molecule has 0 aliphatic rings. The van der Waals surface area contributed by atoms with Crippen LogP contribution in [0.5, 0.6) is 0 Å². The zero-order chi connectivity index (χ0) is 66.1. The quantitative estimate of drug-likeness (QED) is 0.0195. The van der Waals surface area contributed by atoms with E-state index in [0.29, 0.717) is 23.9 Å². The lowest BCUT2D eigenvalue weighted by Crippen LogP contribution is -2.44. The molecule has 0 spiro atoms. The molecule has 0 saturated heterocycles. The first kappa shape index (κ1) is 84.6. The lowest BCUT2D eigenvalue weighted by molar-refractivity contribution is -0.870. The van der Waals surface area contributed by atoms with Gasteiger partial charge in [0.05, 0.1) is 40.3 Å². The third-order valence-corrected chi connectivity index (χ3v) is 13.7. The van der Waals surface area contributed by atoms with Crippen LogP contribution in [0.3, 0.4) is 0 Å². The maximum atomic E-state index is 12.9. The average molecular weight is 1250 g/mol. The summed E-state index contributed by atoms with van der Waals surface area (Å²) in [6.45, 7) is 4.43. The SMILES string of the molecule is CC/C=C\C/C=C\C/C=C\C/C=C\C/C=C\C/C=C\C/C=C\C/C=C\C/C=C\CCCCCCCCCC(=O)OC(COC(=O)CCCCC/C=C\C/C=C\C/C=C\C/C=C\C/C=C\C/C=C\C/C=C\C/C=C\C/C=C\CC)COC(OCC[N+](C)(C)C)C(=O)[O-]. The zero-order valence-electron chi connectivity index (χ0n) is 57.6. The number of aliphatic carboxylic acids is 1. The highest BCUT2D eigenvalue weighted by Crippen LogP contribution is 2.13. The van der Waals surface area contributed by atoms with Crippen molar-refractivity contribution in [1.82, 2.24) is 0 Å². The number of carbonyl (C=O) groups is 3. The number of quaternary nitrogens is 1. The molecule has 0 N–H and O–H groups in total. The Morgan fingerprint density at radius 2 is 0.593 bits per heavy atom. The summed E-state index contributed by atoms with van der Waals surface area (Å²) in [5.74, 6) is -2.37. The van der Waals surface area contributed by atoms with Gasteiger partial charge < -0.3 is 33.3 Å². The largest absolute Gasteiger partial charge is 0.545 e. The number of rotatable bonds is 61. The summed E-state index contributed by atoms with van der Waals surface area (Å²) < 4.78 is 22.7. The van der Waals surface area contributed by atoms with Crippen molar-refractivity contribution in [1.29, 1.82) is 0 Å². The minimum atomic E-state index is -1.65. The number of hydrogen-bond donors (Lipinski definition) is 0. The molecule has 91 heavy (non-hydrogen) atoms. The van der Waals surface area contributed by atoms with Crippen molar-refractivity contribution in [3.63, 3.8) is 0 Å². The van der Waals surface area contributed by atoms with Gasteiger partial charge in [-0.2, -0.15) is 0 Å². The van der Waals surface area contributed by atoms with Crippen LogP contribution >= 0.6 is 0 Å². The van der Waals surface area contributed by atoms with Crippen molar-refractivity contribution in [3.05, 3.63) is 219 Å². The number of allylic oxidation sites excluding steroid dienone is 36. The summed E-state index contributed by atoms with van der Waals surface area (Å²) in [6, 6.07) is 0. The summed E-state index contributed by atoms with van der Waals surface area (Å²) in [4.78, 5) is 37.5. The van der Waals surface area contributed by atoms with Crippen molar-refractivity contribution in [2.45, 2.75) is 232 Å². The molecule has 0 aliphatic carbocycles. The fourth-order valence-electron chi connectivity index (χ4n) is 8.46. The van der Waals surface area contributed by atoms with Gasteiger partial charge in [-0.15, -0.1) is 0 Å². The molecule has 2 atom stereocenters. The lowest BCUT2D eigenvalue weighted by atomic mass is 10.1. The van der Waals surface area contributed by atoms with Crippen LogP contribution < -0.4 is 5.11 Å². The molecule has 0 aromatic heterocycles. The Bertz CT molecular complexity index is 2300. The highest BCUT2D eigenvalue weighted by molar-refractivity contribution is 5.70. The van der Waals surface area contributed by atoms with Gasteiger partial charge in [0.1, 0.15) is 13.2 Å². The minimum Gasteiger partial charge on any atom is -0.545 e. The lowest BCUT2D eigenvalue weighted by Gasteiger charge is -2.26. The fraction of sp³-hybridized carbons (Fsp3) is 0.524. The van der Waals surface area contributed by atoms with Gasteiger partial charge in [0.25, 0.3) is 0 Å². The van der Waals surface area contributed by atoms with Crippen molar-refractivity contribution >= 4 is 17.9 Å². The van der Waals surface area contributed by atoms with E-state index in [1.807, 2.05) is 21.1 Å². The first-order chi connectivity index (χ1) is 44.6. The molecule has 0 amide bonds. The van der Waals surface area contributed by atoms with Gasteiger partial charge in [0.15, 0.2) is 12.4 Å². The second-order valence-corrected chi connectivity index (χ2v) is 23.3. The molecule has 2 unspecified atom stereocenters. The summed E-state index contributed by atoms with van der Waals surface area (Å²) in [6.07, 6.45) is 107. The van der Waals surface area contributed by atoms with Crippen LogP contribution in [0, 0.1) is 0 Å². The second-order valence-electron chi connectivity index (χ2n) is 23.3. The maximum absolute atomic E-state index is 12.9. The van der Waals surface area contributed by atoms with Crippen molar-refractivity contribution in [2.24, 2.45) is 0 Å². The summed E-state index contributed by atoms with van der Waals surface area (Å²) in [5, 5.41) is 11.8. The molecule has 0 aliphatic heterocycles. The fourth-order valence-corrected chi connectivity index (χ4v) is 8.46. The third kappa shape index (κ3) is 70.9. The normalized spacial score (nSPS) is 14.1. The highest BCUT2D eigenvalue weighted by Gasteiger charge is 2.22. The molecule has 0 heterocycles. The molecular formula is C82H125NO8. The number of carboxylic acids is 1. The molecule has 0 fully saturated rings. The molecule has 0 aromatic rings. The second kappa shape index (κ2) is 69.5. The predicted molar refractivity (Wildman–Crippen MR) is 388 cm³/mol. The number of hydrogen-bond acceptors (Lipinski definition) is 8. The van der Waals surface area contributed by atoms with Crippen molar-refractivity contribution in [2.75, 3.05) is 47.5 Å². The van der Waals surface area contributed by atoms with Gasteiger partial charge in [-0.1, -0.05) is 271 Å². The number of ether oxygens (including phenoxy) is 4. The van der Waals surface area contributed by atoms with Gasteiger partial charge in [-0.3, -0.25) is 9.59 Å². The minimum absolute atomic E-state index is 0.126. The average Bonchev–Trinajstić information content (AvgIpc) is 3.46. The van der Waals surface area contributed by atoms with Crippen LogP contribution in [-0.4, -0.2) is 82.3 Å². The number of unbranched alkanes of at least 4 members (excludes halogenated alkanes) is 10. The first-order valence-electron chi connectivity index (χ1n) is 34.9.